The minimum Gasteiger partial charge on any atom is -0.497 e. The Morgan fingerprint density at radius 3 is 2.37 bits per heavy atom. The summed E-state index contributed by atoms with van der Waals surface area (Å²) in [6.45, 7) is 3.92. The zero-order valence-electron chi connectivity index (χ0n) is 11.2. The number of ether oxygens (including phenoxy) is 1. The standard InChI is InChI=1S/C15H15N3O/c1-9-10(2)18-15(17)13(8-16)14(9)11-4-6-12(19-3)7-5-11/h4-7H,1-3H3,(H2,17,18)/p+1. The van der Waals surface area contributed by atoms with Gasteiger partial charge in [-0.2, -0.15) is 5.26 Å². The summed E-state index contributed by atoms with van der Waals surface area (Å²) in [5.41, 5.74) is 10.2. The number of aryl methyl sites for hydroxylation is 1. The van der Waals surface area contributed by atoms with Crippen molar-refractivity contribution >= 4 is 5.82 Å². The van der Waals surface area contributed by atoms with Gasteiger partial charge in [0.2, 0.25) is 0 Å². The number of rotatable bonds is 2. The van der Waals surface area contributed by atoms with Crippen LogP contribution in [0, 0.1) is 25.2 Å². The highest BCUT2D eigenvalue weighted by atomic mass is 16.5. The number of anilines is 1. The third-order valence-electron chi connectivity index (χ3n) is 3.27. The molecule has 0 radical (unpaired) electrons. The number of hydrogen-bond acceptors (Lipinski definition) is 3. The zero-order valence-corrected chi connectivity index (χ0v) is 11.2. The average molecular weight is 254 g/mol. The van der Waals surface area contributed by atoms with E-state index in [9.17, 15) is 5.26 Å². The molecule has 1 aromatic carbocycles. The van der Waals surface area contributed by atoms with Crippen LogP contribution in [0.3, 0.4) is 0 Å². The van der Waals surface area contributed by atoms with Crippen molar-refractivity contribution in [1.82, 2.24) is 0 Å². The quantitative estimate of drug-likeness (QED) is 0.893. The summed E-state index contributed by atoms with van der Waals surface area (Å²) < 4.78 is 5.14. The van der Waals surface area contributed by atoms with E-state index < -0.39 is 0 Å². The molecule has 0 aliphatic rings. The molecule has 1 heterocycles. The fourth-order valence-electron chi connectivity index (χ4n) is 2.10. The van der Waals surface area contributed by atoms with E-state index in [-0.39, 0.29) is 0 Å². The second-order valence-corrected chi connectivity index (χ2v) is 4.38. The summed E-state index contributed by atoms with van der Waals surface area (Å²) in [7, 11) is 1.63. The number of nitrogens with two attached hydrogens (primary N) is 1. The van der Waals surface area contributed by atoms with Crippen LogP contribution in [0.1, 0.15) is 16.8 Å². The number of aromatic nitrogens is 1. The van der Waals surface area contributed by atoms with Crippen LogP contribution < -0.4 is 15.5 Å². The first-order valence-electron chi connectivity index (χ1n) is 5.95. The van der Waals surface area contributed by atoms with E-state index in [1.54, 1.807) is 7.11 Å². The fourth-order valence-corrected chi connectivity index (χ4v) is 2.10. The Hall–Kier alpha value is -2.54. The van der Waals surface area contributed by atoms with Crippen molar-refractivity contribution in [2.24, 2.45) is 0 Å². The van der Waals surface area contributed by atoms with E-state index in [0.717, 1.165) is 28.1 Å². The minimum atomic E-state index is 0.399. The monoisotopic (exact) mass is 254 g/mol. The van der Waals surface area contributed by atoms with Gasteiger partial charge in [-0.05, 0) is 31.5 Å². The lowest BCUT2D eigenvalue weighted by Crippen LogP contribution is -2.18. The van der Waals surface area contributed by atoms with E-state index in [2.05, 4.69) is 11.1 Å². The van der Waals surface area contributed by atoms with Crippen LogP contribution in [0.15, 0.2) is 24.3 Å². The van der Waals surface area contributed by atoms with Crippen LogP contribution >= 0.6 is 0 Å². The SMILES string of the molecule is COc1ccc(-c2c(C)c(C)[nH+]c(N)c2C#N)cc1. The van der Waals surface area contributed by atoms with Gasteiger partial charge in [0.1, 0.15) is 23.1 Å². The second kappa shape index (κ2) is 4.99. The molecule has 0 spiro atoms. The summed E-state index contributed by atoms with van der Waals surface area (Å²) >= 11 is 0. The van der Waals surface area contributed by atoms with Gasteiger partial charge in [-0.25, -0.2) is 4.98 Å². The van der Waals surface area contributed by atoms with Gasteiger partial charge in [0.25, 0.3) is 5.82 Å². The lowest BCUT2D eigenvalue weighted by atomic mass is 9.95. The second-order valence-electron chi connectivity index (χ2n) is 4.38. The van der Waals surface area contributed by atoms with Crippen LogP contribution in [-0.2, 0) is 0 Å². The molecule has 4 heteroatoms. The maximum absolute atomic E-state index is 9.30. The number of hydrogen-bond donors (Lipinski definition) is 1. The Morgan fingerprint density at radius 1 is 1.21 bits per heavy atom. The molecule has 0 saturated carbocycles. The van der Waals surface area contributed by atoms with Gasteiger partial charge in [-0.3, -0.25) is 5.73 Å². The Kier molecular flexibility index (Phi) is 3.39. The van der Waals surface area contributed by atoms with E-state index >= 15 is 0 Å². The first kappa shape index (κ1) is 12.9. The number of nitriles is 1. The van der Waals surface area contributed by atoms with Gasteiger partial charge in [-0.1, -0.05) is 12.1 Å². The molecule has 0 saturated heterocycles. The number of benzene rings is 1. The Bertz CT molecular complexity index is 655. The molecule has 0 unspecified atom stereocenters. The predicted molar refractivity (Wildman–Crippen MR) is 73.6 cm³/mol. The Balaban J connectivity index is 2.70. The normalized spacial score (nSPS) is 10.0. The number of nitrogen functional groups attached to an aromatic ring is 1. The van der Waals surface area contributed by atoms with Crippen molar-refractivity contribution < 1.29 is 9.72 Å². The van der Waals surface area contributed by atoms with Gasteiger partial charge in [-0.15, -0.1) is 0 Å². The van der Waals surface area contributed by atoms with Crippen molar-refractivity contribution in [1.29, 1.82) is 5.26 Å². The minimum absolute atomic E-state index is 0.399. The number of methoxy groups -OCH3 is 1. The highest BCUT2D eigenvalue weighted by Crippen LogP contribution is 2.30. The van der Waals surface area contributed by atoms with Crippen LogP contribution in [0.25, 0.3) is 11.1 Å². The van der Waals surface area contributed by atoms with Crippen molar-refractivity contribution in [3.05, 3.63) is 41.1 Å². The molecular formula is C15H16N3O+. The van der Waals surface area contributed by atoms with Gasteiger partial charge in [0.05, 0.1) is 7.11 Å². The summed E-state index contributed by atoms with van der Waals surface area (Å²) in [5.74, 6) is 1.18. The zero-order chi connectivity index (χ0) is 14.0. The molecule has 1 aromatic heterocycles. The fraction of sp³-hybridized carbons (Fsp3) is 0.200. The maximum Gasteiger partial charge on any atom is 0.289 e. The molecule has 19 heavy (non-hydrogen) atoms. The van der Waals surface area contributed by atoms with Crippen molar-refractivity contribution in [3.8, 4) is 22.9 Å². The van der Waals surface area contributed by atoms with Crippen LogP contribution in [0.5, 0.6) is 5.75 Å². The topological polar surface area (TPSA) is 73.2 Å². The molecule has 3 N–H and O–H groups in total. The maximum atomic E-state index is 9.30. The largest absolute Gasteiger partial charge is 0.497 e. The van der Waals surface area contributed by atoms with Gasteiger partial charge >= 0.3 is 0 Å². The van der Waals surface area contributed by atoms with Crippen molar-refractivity contribution in [2.45, 2.75) is 13.8 Å². The Morgan fingerprint density at radius 2 is 1.84 bits per heavy atom. The van der Waals surface area contributed by atoms with Crippen LogP contribution in [-0.4, -0.2) is 7.11 Å². The molecule has 0 fully saturated rings. The van der Waals surface area contributed by atoms with E-state index in [1.807, 2.05) is 38.1 Å². The lowest BCUT2D eigenvalue weighted by molar-refractivity contribution is -0.370. The molecular weight excluding hydrogens is 238 g/mol. The first-order chi connectivity index (χ1) is 9.08. The molecule has 0 amide bonds. The van der Waals surface area contributed by atoms with Gasteiger partial charge in [0, 0.05) is 11.1 Å². The number of aromatic amines is 1. The van der Waals surface area contributed by atoms with E-state index in [4.69, 9.17) is 10.5 Å². The number of H-pyrrole nitrogens is 1. The highest BCUT2D eigenvalue weighted by Gasteiger charge is 2.18. The third kappa shape index (κ3) is 2.23. The summed E-state index contributed by atoms with van der Waals surface area (Å²) in [4.78, 5) is 3.02. The lowest BCUT2D eigenvalue weighted by Gasteiger charge is -2.10. The van der Waals surface area contributed by atoms with Crippen LogP contribution in [0.2, 0.25) is 0 Å². The van der Waals surface area contributed by atoms with Crippen LogP contribution in [0.4, 0.5) is 5.82 Å². The van der Waals surface area contributed by atoms with E-state index in [0.29, 0.717) is 11.4 Å². The van der Waals surface area contributed by atoms with E-state index in [1.165, 1.54) is 0 Å². The Labute approximate surface area is 112 Å². The molecule has 0 aliphatic heterocycles. The molecule has 0 atom stereocenters. The smallest absolute Gasteiger partial charge is 0.289 e. The first-order valence-corrected chi connectivity index (χ1v) is 5.95. The molecule has 0 aliphatic carbocycles. The molecule has 4 nitrogen and oxygen atoms in total. The number of nitrogens with one attached hydrogen (secondary N) is 1. The van der Waals surface area contributed by atoms with Crippen molar-refractivity contribution in [3.63, 3.8) is 0 Å². The molecule has 96 valence electrons. The summed E-state index contributed by atoms with van der Waals surface area (Å²) in [6.07, 6.45) is 0. The third-order valence-corrected chi connectivity index (χ3v) is 3.27. The summed E-state index contributed by atoms with van der Waals surface area (Å²) in [6, 6.07) is 9.78. The molecule has 0 bridgehead atoms. The van der Waals surface area contributed by atoms with Crippen molar-refractivity contribution in [2.75, 3.05) is 12.8 Å². The number of pyridine rings is 1. The van der Waals surface area contributed by atoms with Gasteiger partial charge < -0.3 is 4.74 Å². The average Bonchev–Trinajstić information content (AvgIpc) is 2.42. The molecule has 2 rings (SSSR count). The summed E-state index contributed by atoms with van der Waals surface area (Å²) in [5, 5.41) is 9.30. The number of nitrogens with zero attached hydrogens (tertiary/aromatic N) is 1. The van der Waals surface area contributed by atoms with Gasteiger partial charge in [0.15, 0.2) is 0 Å². The molecule has 2 aromatic rings. The highest BCUT2D eigenvalue weighted by molar-refractivity contribution is 5.77. The predicted octanol–water partition coefficient (Wildman–Crippen LogP) is 2.25.